The van der Waals surface area contributed by atoms with E-state index in [0.29, 0.717) is 6.42 Å². The van der Waals surface area contributed by atoms with Crippen LogP contribution < -0.4 is 5.32 Å². The average Bonchev–Trinajstić information content (AvgIpc) is 2.85. The highest BCUT2D eigenvalue weighted by atomic mass is 35.5. The van der Waals surface area contributed by atoms with E-state index in [1.165, 1.54) is 17.0 Å². The molecule has 0 aliphatic rings. The molecule has 114 valence electrons. The monoisotopic (exact) mass is 329 g/mol. The highest BCUT2D eigenvalue weighted by Gasteiger charge is 2.13. The summed E-state index contributed by atoms with van der Waals surface area (Å²) in [5, 5.41) is 3.46. The van der Waals surface area contributed by atoms with E-state index in [9.17, 15) is 8.78 Å². The maximum absolute atomic E-state index is 13.3. The van der Waals surface area contributed by atoms with Gasteiger partial charge >= 0.3 is 0 Å². The van der Waals surface area contributed by atoms with Crippen LogP contribution in [-0.2, 0) is 12.8 Å². The summed E-state index contributed by atoms with van der Waals surface area (Å²) < 4.78 is 27.1. The summed E-state index contributed by atoms with van der Waals surface area (Å²) in [5.41, 5.74) is 0.796. The summed E-state index contributed by atoms with van der Waals surface area (Å²) in [6.45, 7) is 3.00. The Hall–Kier alpha value is -0.970. The first-order chi connectivity index (χ1) is 10.1. The van der Waals surface area contributed by atoms with E-state index in [4.69, 9.17) is 11.6 Å². The highest BCUT2D eigenvalue weighted by Crippen LogP contribution is 2.23. The van der Waals surface area contributed by atoms with Crippen LogP contribution in [0, 0.1) is 11.6 Å². The van der Waals surface area contributed by atoms with Crippen LogP contribution in [0.25, 0.3) is 0 Å². The molecule has 0 amide bonds. The first-order valence-corrected chi connectivity index (χ1v) is 8.19. The van der Waals surface area contributed by atoms with Crippen LogP contribution >= 0.6 is 22.9 Å². The lowest BCUT2D eigenvalue weighted by Gasteiger charge is -2.18. The van der Waals surface area contributed by atoms with Crippen LogP contribution in [0.5, 0.6) is 0 Å². The molecule has 0 saturated heterocycles. The largest absolute Gasteiger partial charge is 0.313 e. The Morgan fingerprint density at radius 3 is 2.57 bits per heavy atom. The lowest BCUT2D eigenvalue weighted by Crippen LogP contribution is -2.33. The van der Waals surface area contributed by atoms with Gasteiger partial charge in [0, 0.05) is 10.9 Å². The number of hydrogen-bond acceptors (Lipinski definition) is 2. The zero-order valence-electron chi connectivity index (χ0n) is 11.8. The Labute approximate surface area is 133 Å². The lowest BCUT2D eigenvalue weighted by atomic mass is 10.0. The number of hydrogen-bond donors (Lipinski definition) is 1. The summed E-state index contributed by atoms with van der Waals surface area (Å²) in [7, 11) is 0. The van der Waals surface area contributed by atoms with Gasteiger partial charge in [-0.25, -0.2) is 8.78 Å². The van der Waals surface area contributed by atoms with E-state index in [1.807, 2.05) is 12.1 Å². The Bertz CT molecular complexity index is 585. The SMILES string of the molecule is CCCNC(Cc1ccc(F)c(F)c1)Cc1ccc(Cl)s1. The minimum Gasteiger partial charge on any atom is -0.313 e. The highest BCUT2D eigenvalue weighted by molar-refractivity contribution is 7.16. The molecule has 0 saturated carbocycles. The van der Waals surface area contributed by atoms with Gasteiger partial charge in [-0.3, -0.25) is 0 Å². The standard InChI is InChI=1S/C16H18ClF2NS/c1-2-7-20-12(10-13-4-6-16(17)21-13)8-11-3-5-14(18)15(19)9-11/h3-6,9,12,20H,2,7-8,10H2,1H3. The fraction of sp³-hybridized carbons (Fsp3) is 0.375. The second-order valence-corrected chi connectivity index (χ2v) is 6.81. The van der Waals surface area contributed by atoms with Crippen molar-refractivity contribution in [1.29, 1.82) is 0 Å². The first-order valence-electron chi connectivity index (χ1n) is 7.00. The molecule has 1 atom stereocenters. The van der Waals surface area contributed by atoms with Crippen LogP contribution in [0.2, 0.25) is 4.34 Å². The molecule has 0 fully saturated rings. The minimum atomic E-state index is -0.804. The third-order valence-corrected chi connectivity index (χ3v) is 4.48. The van der Waals surface area contributed by atoms with Gasteiger partial charge in [-0.15, -0.1) is 11.3 Å². The van der Waals surface area contributed by atoms with Crippen molar-refractivity contribution in [3.8, 4) is 0 Å². The normalized spacial score (nSPS) is 12.6. The van der Waals surface area contributed by atoms with E-state index < -0.39 is 11.6 Å². The van der Waals surface area contributed by atoms with Gasteiger partial charge in [0.15, 0.2) is 11.6 Å². The summed E-state index contributed by atoms with van der Waals surface area (Å²) in [5.74, 6) is -1.59. The van der Waals surface area contributed by atoms with E-state index in [2.05, 4.69) is 12.2 Å². The van der Waals surface area contributed by atoms with Gasteiger partial charge in [0.2, 0.25) is 0 Å². The number of thiophene rings is 1. The molecule has 0 bridgehead atoms. The van der Waals surface area contributed by atoms with Crippen LogP contribution in [-0.4, -0.2) is 12.6 Å². The molecule has 0 spiro atoms. The molecule has 2 aromatic rings. The summed E-state index contributed by atoms with van der Waals surface area (Å²) in [4.78, 5) is 1.19. The molecule has 5 heteroatoms. The molecule has 0 radical (unpaired) electrons. The van der Waals surface area contributed by atoms with E-state index >= 15 is 0 Å². The number of nitrogens with one attached hydrogen (secondary N) is 1. The molecule has 0 aliphatic heterocycles. The fourth-order valence-electron chi connectivity index (χ4n) is 2.22. The summed E-state index contributed by atoms with van der Waals surface area (Å²) in [6.07, 6.45) is 2.52. The molecular formula is C16H18ClF2NS. The molecular weight excluding hydrogens is 312 g/mol. The van der Waals surface area contributed by atoms with E-state index in [-0.39, 0.29) is 6.04 Å². The summed E-state index contributed by atoms with van der Waals surface area (Å²) >= 11 is 7.51. The molecule has 1 aromatic carbocycles. The van der Waals surface area contributed by atoms with Crippen molar-refractivity contribution in [3.63, 3.8) is 0 Å². The van der Waals surface area contributed by atoms with Crippen molar-refractivity contribution in [3.05, 3.63) is 56.7 Å². The maximum Gasteiger partial charge on any atom is 0.159 e. The zero-order valence-corrected chi connectivity index (χ0v) is 13.4. The summed E-state index contributed by atoms with van der Waals surface area (Å²) in [6, 6.07) is 8.18. The van der Waals surface area contributed by atoms with Gasteiger partial charge < -0.3 is 5.32 Å². The molecule has 2 rings (SSSR count). The average molecular weight is 330 g/mol. The van der Waals surface area contributed by atoms with Gasteiger partial charge in [-0.1, -0.05) is 24.6 Å². The van der Waals surface area contributed by atoms with Crippen LogP contribution in [0.3, 0.4) is 0 Å². The third-order valence-electron chi connectivity index (χ3n) is 3.23. The van der Waals surface area contributed by atoms with Crippen LogP contribution in [0.4, 0.5) is 8.78 Å². The van der Waals surface area contributed by atoms with Crippen molar-refractivity contribution in [2.24, 2.45) is 0 Å². The number of benzene rings is 1. The van der Waals surface area contributed by atoms with Crippen molar-refractivity contribution < 1.29 is 8.78 Å². The Balaban J connectivity index is 2.06. The maximum atomic E-state index is 13.3. The predicted octanol–water partition coefficient (Wildman–Crippen LogP) is 4.83. The first kappa shape index (κ1) is 16.4. The third kappa shape index (κ3) is 5.06. The molecule has 1 unspecified atom stereocenters. The van der Waals surface area contributed by atoms with Crippen molar-refractivity contribution >= 4 is 22.9 Å². The molecule has 0 aliphatic carbocycles. The van der Waals surface area contributed by atoms with Crippen LogP contribution in [0.1, 0.15) is 23.8 Å². The molecule has 21 heavy (non-hydrogen) atoms. The van der Waals surface area contributed by atoms with Crippen molar-refractivity contribution in [1.82, 2.24) is 5.32 Å². The fourth-order valence-corrected chi connectivity index (χ4v) is 3.39. The van der Waals surface area contributed by atoms with E-state index in [1.54, 1.807) is 17.4 Å². The zero-order chi connectivity index (χ0) is 15.2. The lowest BCUT2D eigenvalue weighted by molar-refractivity contribution is 0.493. The molecule has 1 nitrogen and oxygen atoms in total. The van der Waals surface area contributed by atoms with Crippen LogP contribution in [0.15, 0.2) is 30.3 Å². The second-order valence-electron chi connectivity index (χ2n) is 5.01. The Morgan fingerprint density at radius 1 is 1.14 bits per heavy atom. The molecule has 1 aromatic heterocycles. The minimum absolute atomic E-state index is 0.185. The number of rotatable bonds is 7. The number of halogens is 3. The van der Waals surface area contributed by atoms with Gasteiger partial charge in [0.25, 0.3) is 0 Å². The smallest absolute Gasteiger partial charge is 0.159 e. The Kier molecular flexibility index (Phi) is 6.15. The van der Waals surface area contributed by atoms with Crippen molar-refractivity contribution in [2.45, 2.75) is 32.2 Å². The van der Waals surface area contributed by atoms with Crippen molar-refractivity contribution in [2.75, 3.05) is 6.54 Å². The van der Waals surface area contributed by atoms with Gasteiger partial charge in [0.05, 0.1) is 4.34 Å². The van der Waals surface area contributed by atoms with Gasteiger partial charge in [0.1, 0.15) is 0 Å². The topological polar surface area (TPSA) is 12.0 Å². The molecule has 1 heterocycles. The van der Waals surface area contributed by atoms with E-state index in [0.717, 1.165) is 29.3 Å². The quantitative estimate of drug-likeness (QED) is 0.767. The predicted molar refractivity (Wildman–Crippen MR) is 85.2 cm³/mol. The van der Waals surface area contributed by atoms with Gasteiger partial charge in [-0.2, -0.15) is 0 Å². The van der Waals surface area contributed by atoms with Gasteiger partial charge in [-0.05, 0) is 55.6 Å². The second kappa shape index (κ2) is 7.87. The molecule has 1 N–H and O–H groups in total. The Morgan fingerprint density at radius 2 is 1.95 bits per heavy atom.